The van der Waals surface area contributed by atoms with Crippen LogP contribution in [0.15, 0.2) is 60.8 Å². The largest absolute Gasteiger partial charge is 0.334 e. The highest BCUT2D eigenvalue weighted by molar-refractivity contribution is 6.30. The molecule has 0 aliphatic carbocycles. The van der Waals surface area contributed by atoms with Gasteiger partial charge in [-0.1, -0.05) is 41.9 Å². The van der Waals surface area contributed by atoms with Crippen molar-refractivity contribution in [2.45, 2.75) is 25.8 Å². The van der Waals surface area contributed by atoms with E-state index >= 15 is 0 Å². The van der Waals surface area contributed by atoms with Crippen LogP contribution >= 0.6 is 11.6 Å². The fraction of sp³-hybridized carbons (Fsp3) is 0.174. The topological polar surface area (TPSA) is 59.8 Å². The first-order valence-electron chi connectivity index (χ1n) is 9.70. The van der Waals surface area contributed by atoms with Crippen LogP contribution in [-0.2, 0) is 13.0 Å². The number of halogens is 1. The Hall–Kier alpha value is -3.18. The minimum Gasteiger partial charge on any atom is -0.334 e. The van der Waals surface area contributed by atoms with Gasteiger partial charge in [-0.3, -0.25) is 4.79 Å². The number of aromatic nitrogens is 3. The predicted octanol–water partition coefficient (Wildman–Crippen LogP) is 5.34. The van der Waals surface area contributed by atoms with Gasteiger partial charge in [-0.2, -0.15) is 0 Å². The molecule has 29 heavy (non-hydrogen) atoms. The fourth-order valence-corrected chi connectivity index (χ4v) is 4.04. The molecule has 1 aliphatic heterocycles. The first kappa shape index (κ1) is 17.9. The number of hydrogen-bond donors (Lipinski definition) is 1. The second-order valence-corrected chi connectivity index (χ2v) is 7.62. The van der Waals surface area contributed by atoms with E-state index in [0.717, 1.165) is 41.1 Å². The van der Waals surface area contributed by atoms with Crippen LogP contribution in [0.3, 0.4) is 0 Å². The maximum absolute atomic E-state index is 13.0. The summed E-state index contributed by atoms with van der Waals surface area (Å²) in [5, 5.41) is 4.06. The van der Waals surface area contributed by atoms with Crippen molar-refractivity contribution in [1.29, 1.82) is 0 Å². The molecule has 5 nitrogen and oxygen atoms in total. The van der Waals surface area contributed by atoms with E-state index < -0.39 is 0 Å². The van der Waals surface area contributed by atoms with Gasteiger partial charge in [-0.25, -0.2) is 9.97 Å². The zero-order chi connectivity index (χ0) is 19.8. The summed E-state index contributed by atoms with van der Waals surface area (Å²) in [4.78, 5) is 22.0. The molecule has 5 rings (SSSR count). The van der Waals surface area contributed by atoms with Crippen LogP contribution in [0.1, 0.15) is 29.0 Å². The van der Waals surface area contributed by atoms with Gasteiger partial charge in [0.05, 0.1) is 16.8 Å². The first-order chi connectivity index (χ1) is 14.2. The number of amides is 1. The van der Waals surface area contributed by atoms with E-state index in [-0.39, 0.29) is 5.91 Å². The van der Waals surface area contributed by atoms with Crippen molar-refractivity contribution in [2.24, 2.45) is 0 Å². The Bertz CT molecular complexity index is 1210. The van der Waals surface area contributed by atoms with Crippen molar-refractivity contribution in [1.82, 2.24) is 14.5 Å². The van der Waals surface area contributed by atoms with Gasteiger partial charge < -0.3 is 9.88 Å². The Kier molecular flexibility index (Phi) is 4.52. The van der Waals surface area contributed by atoms with Crippen molar-refractivity contribution in [3.8, 4) is 11.3 Å². The zero-order valence-electron chi connectivity index (χ0n) is 15.7. The normalized spacial score (nSPS) is 13.3. The summed E-state index contributed by atoms with van der Waals surface area (Å²) >= 11 is 6.12. The zero-order valence-corrected chi connectivity index (χ0v) is 16.5. The number of anilines is 1. The minimum atomic E-state index is -0.216. The van der Waals surface area contributed by atoms with Crippen molar-refractivity contribution >= 4 is 34.1 Å². The van der Waals surface area contributed by atoms with Crippen molar-refractivity contribution in [2.75, 3.05) is 5.32 Å². The van der Waals surface area contributed by atoms with E-state index in [1.54, 1.807) is 6.07 Å². The summed E-state index contributed by atoms with van der Waals surface area (Å²) in [6, 6.07) is 16.9. The van der Waals surface area contributed by atoms with Crippen molar-refractivity contribution < 1.29 is 4.79 Å². The van der Waals surface area contributed by atoms with Crippen molar-refractivity contribution in [3.05, 3.63) is 77.3 Å². The third-order valence-corrected chi connectivity index (χ3v) is 5.45. The average Bonchev–Trinajstić information content (AvgIpc) is 3.17. The summed E-state index contributed by atoms with van der Waals surface area (Å²) < 4.78 is 2.23. The summed E-state index contributed by atoms with van der Waals surface area (Å²) in [6.45, 7) is 1.02. The minimum absolute atomic E-state index is 0.216. The number of fused-ring (bicyclic) bond motifs is 2. The Balaban J connectivity index is 1.45. The average molecular weight is 403 g/mol. The lowest BCUT2D eigenvalue weighted by Gasteiger charge is -2.11. The van der Waals surface area contributed by atoms with Crippen LogP contribution < -0.4 is 5.32 Å². The number of nitrogens with zero attached hydrogens (tertiary/aromatic N) is 3. The Morgan fingerprint density at radius 2 is 1.93 bits per heavy atom. The van der Waals surface area contributed by atoms with Crippen molar-refractivity contribution in [3.63, 3.8) is 0 Å². The first-order valence-corrected chi connectivity index (χ1v) is 10.1. The number of hydrogen-bond acceptors (Lipinski definition) is 3. The summed E-state index contributed by atoms with van der Waals surface area (Å²) in [7, 11) is 0. The van der Waals surface area contributed by atoms with Gasteiger partial charge in [0, 0.05) is 35.8 Å². The van der Waals surface area contributed by atoms with Crippen LogP contribution in [0.2, 0.25) is 5.15 Å². The molecule has 0 fully saturated rings. The molecule has 4 aromatic rings. The van der Waals surface area contributed by atoms with E-state index in [0.29, 0.717) is 16.2 Å². The summed E-state index contributed by atoms with van der Waals surface area (Å²) in [6.07, 6.45) is 5.51. The number of carbonyl (C=O) groups excluding carboxylic acids is 1. The molecule has 0 unspecified atom stereocenters. The molecule has 1 amide bonds. The molecule has 6 heteroatoms. The van der Waals surface area contributed by atoms with Crippen LogP contribution in [0.4, 0.5) is 5.69 Å². The highest BCUT2D eigenvalue weighted by Gasteiger charge is 2.15. The molecule has 0 radical (unpaired) electrons. The lowest BCUT2D eigenvalue weighted by atomic mass is 10.1. The standard InChI is InChI=1S/C23H19ClN4O/c24-21-13-18(17-8-1-2-9-19(17)26-21)23(29)25-16-7-5-6-15(12-16)20-14-28-11-4-3-10-22(28)27-20/h1-2,5-9,12-14H,3-4,10-11H2,(H,25,29). The Labute approximate surface area is 173 Å². The third-order valence-electron chi connectivity index (χ3n) is 5.25. The Morgan fingerprint density at radius 3 is 2.83 bits per heavy atom. The van der Waals surface area contributed by atoms with E-state index in [1.165, 1.54) is 12.8 Å². The van der Waals surface area contributed by atoms with E-state index in [9.17, 15) is 4.79 Å². The fourth-order valence-electron chi connectivity index (χ4n) is 3.84. The number of imidazole rings is 1. The molecule has 144 valence electrons. The maximum Gasteiger partial charge on any atom is 0.256 e. The molecule has 3 heterocycles. The van der Waals surface area contributed by atoms with Crippen LogP contribution in [-0.4, -0.2) is 20.4 Å². The summed E-state index contributed by atoms with van der Waals surface area (Å²) in [5.74, 6) is 0.922. The van der Waals surface area contributed by atoms with Gasteiger partial charge in [0.1, 0.15) is 11.0 Å². The molecule has 0 bridgehead atoms. The lowest BCUT2D eigenvalue weighted by Crippen LogP contribution is -2.12. The van der Waals surface area contributed by atoms with Gasteiger partial charge in [0.25, 0.3) is 5.91 Å². The van der Waals surface area contributed by atoms with Gasteiger partial charge in [0.2, 0.25) is 0 Å². The molecule has 1 aliphatic rings. The lowest BCUT2D eigenvalue weighted by molar-refractivity contribution is 0.102. The van der Waals surface area contributed by atoms with Crippen LogP contribution in [0.5, 0.6) is 0 Å². The molecule has 0 atom stereocenters. The molecule has 0 saturated carbocycles. The quantitative estimate of drug-likeness (QED) is 0.470. The van der Waals surface area contributed by atoms with E-state index in [2.05, 4.69) is 21.1 Å². The van der Waals surface area contributed by atoms with Crippen LogP contribution in [0.25, 0.3) is 22.2 Å². The number of pyridine rings is 1. The molecule has 2 aromatic heterocycles. The predicted molar refractivity (Wildman–Crippen MR) is 115 cm³/mol. The van der Waals surface area contributed by atoms with Gasteiger partial charge in [0.15, 0.2) is 0 Å². The molecule has 0 saturated heterocycles. The third kappa shape index (κ3) is 3.49. The number of carbonyl (C=O) groups is 1. The monoisotopic (exact) mass is 402 g/mol. The number of benzene rings is 2. The van der Waals surface area contributed by atoms with Crippen LogP contribution in [0, 0.1) is 0 Å². The molecule has 2 aromatic carbocycles. The molecule has 1 N–H and O–H groups in total. The smallest absolute Gasteiger partial charge is 0.256 e. The Morgan fingerprint density at radius 1 is 1.03 bits per heavy atom. The number of para-hydroxylation sites is 1. The van der Waals surface area contributed by atoms with E-state index in [1.807, 2.05) is 48.5 Å². The molecular weight excluding hydrogens is 384 g/mol. The van der Waals surface area contributed by atoms with E-state index in [4.69, 9.17) is 16.6 Å². The number of nitrogens with one attached hydrogen (secondary N) is 1. The number of aryl methyl sites for hydroxylation is 2. The second kappa shape index (κ2) is 7.33. The summed E-state index contributed by atoms with van der Waals surface area (Å²) in [5.41, 5.74) is 3.85. The van der Waals surface area contributed by atoms with Gasteiger partial charge in [-0.15, -0.1) is 0 Å². The second-order valence-electron chi connectivity index (χ2n) is 7.24. The van der Waals surface area contributed by atoms with Gasteiger partial charge in [-0.05, 0) is 37.1 Å². The maximum atomic E-state index is 13.0. The highest BCUT2D eigenvalue weighted by Crippen LogP contribution is 2.26. The molecular formula is C23H19ClN4O. The highest BCUT2D eigenvalue weighted by atomic mass is 35.5. The number of rotatable bonds is 3. The van der Waals surface area contributed by atoms with Gasteiger partial charge >= 0.3 is 0 Å². The molecule has 0 spiro atoms. The SMILES string of the molecule is O=C(Nc1cccc(-c2cn3c(n2)CCCC3)c1)c1cc(Cl)nc2ccccc12.